The third-order valence-electron chi connectivity index (χ3n) is 5.96. The van der Waals surface area contributed by atoms with Gasteiger partial charge in [-0.3, -0.25) is 5.01 Å². The number of rotatable bonds is 3. The van der Waals surface area contributed by atoms with E-state index in [1.54, 1.807) is 11.1 Å². The zero-order chi connectivity index (χ0) is 20.1. The van der Waals surface area contributed by atoms with Gasteiger partial charge in [0.25, 0.3) is 0 Å². The molecule has 27 heavy (non-hydrogen) atoms. The Morgan fingerprint density at radius 3 is 2.07 bits per heavy atom. The monoisotopic (exact) mass is 367 g/mol. The second-order valence-corrected chi connectivity index (χ2v) is 8.90. The molecule has 5 heteroatoms. The summed E-state index contributed by atoms with van der Waals surface area (Å²) < 4.78 is 0. The molecule has 0 amide bonds. The number of benzene rings is 2. The van der Waals surface area contributed by atoms with Crippen LogP contribution in [0.3, 0.4) is 0 Å². The third kappa shape index (κ3) is 3.28. The summed E-state index contributed by atoms with van der Waals surface area (Å²) in [7, 11) is 0. The van der Waals surface area contributed by atoms with Crippen molar-refractivity contribution in [1.29, 1.82) is 0 Å². The first-order chi connectivity index (χ1) is 12.4. The number of aromatic carboxylic acids is 1. The number of fused-ring (bicyclic) bond motifs is 1. The molecule has 0 atom stereocenters. The molecular formula is C22H29N3O2. The Labute approximate surface area is 160 Å². The highest BCUT2D eigenvalue weighted by molar-refractivity contribution is 5.91. The second-order valence-electron chi connectivity index (χ2n) is 8.90. The van der Waals surface area contributed by atoms with Crippen molar-refractivity contribution in [2.45, 2.75) is 58.3 Å². The van der Waals surface area contributed by atoms with Crippen LogP contribution >= 0.6 is 0 Å². The average molecular weight is 367 g/mol. The normalized spacial score (nSPS) is 17.3. The van der Waals surface area contributed by atoms with Crippen LogP contribution in [0.4, 0.5) is 17.1 Å². The van der Waals surface area contributed by atoms with Crippen LogP contribution < -0.4 is 16.6 Å². The van der Waals surface area contributed by atoms with Crippen molar-refractivity contribution in [2.24, 2.45) is 5.84 Å². The fourth-order valence-electron chi connectivity index (χ4n) is 4.01. The highest BCUT2D eigenvalue weighted by Crippen LogP contribution is 2.48. The van der Waals surface area contributed by atoms with Gasteiger partial charge in [0.05, 0.1) is 22.6 Å². The lowest BCUT2D eigenvalue weighted by Crippen LogP contribution is -2.35. The molecule has 0 radical (unpaired) electrons. The highest BCUT2D eigenvalue weighted by Gasteiger charge is 2.37. The molecule has 0 saturated carbocycles. The number of nitrogens with two attached hydrogens (primary N) is 2. The number of carboxylic acid groups (broad SMARTS) is 1. The Balaban J connectivity index is 2.12. The van der Waals surface area contributed by atoms with Crippen LogP contribution in [0.25, 0.3) is 0 Å². The third-order valence-corrected chi connectivity index (χ3v) is 5.96. The highest BCUT2D eigenvalue weighted by atomic mass is 16.4. The molecule has 2 aromatic carbocycles. The minimum atomic E-state index is -1.01. The predicted octanol–water partition coefficient (Wildman–Crippen LogP) is 4.64. The van der Waals surface area contributed by atoms with E-state index < -0.39 is 5.97 Å². The first-order valence-corrected chi connectivity index (χ1v) is 9.27. The number of nitrogen functional groups attached to an aromatic ring is 1. The number of hydrogen-bond donors (Lipinski definition) is 3. The number of anilines is 3. The molecule has 0 aliphatic heterocycles. The Kier molecular flexibility index (Phi) is 4.47. The van der Waals surface area contributed by atoms with Gasteiger partial charge in [-0.25, -0.2) is 10.6 Å². The summed E-state index contributed by atoms with van der Waals surface area (Å²) in [6, 6.07) is 9.04. The molecule has 0 spiro atoms. The summed E-state index contributed by atoms with van der Waals surface area (Å²) >= 11 is 0. The fourth-order valence-corrected chi connectivity index (χ4v) is 4.01. The topological polar surface area (TPSA) is 92.6 Å². The van der Waals surface area contributed by atoms with Crippen molar-refractivity contribution >= 4 is 23.0 Å². The minimum absolute atomic E-state index is 0.0762. The SMILES string of the molecule is Cc1cc2c(cc1N(N)c1ccc(C(=O)O)cc1N)C(C)(C)CCC2(C)C. The lowest BCUT2D eigenvalue weighted by molar-refractivity contribution is 0.0697. The van der Waals surface area contributed by atoms with E-state index in [9.17, 15) is 4.79 Å². The molecule has 1 aliphatic carbocycles. The van der Waals surface area contributed by atoms with E-state index >= 15 is 0 Å². The maximum absolute atomic E-state index is 11.2. The summed E-state index contributed by atoms with van der Waals surface area (Å²) in [4.78, 5) is 11.2. The Bertz CT molecular complexity index is 916. The van der Waals surface area contributed by atoms with E-state index in [1.807, 2.05) is 0 Å². The second kappa shape index (κ2) is 6.27. The quantitative estimate of drug-likeness (QED) is 0.418. The Hall–Kier alpha value is -2.53. The van der Waals surface area contributed by atoms with Gasteiger partial charge in [-0.05, 0) is 71.6 Å². The van der Waals surface area contributed by atoms with Crippen molar-refractivity contribution < 1.29 is 9.90 Å². The van der Waals surface area contributed by atoms with Crippen LogP contribution in [0.1, 0.15) is 67.6 Å². The van der Waals surface area contributed by atoms with Crippen molar-refractivity contribution in [2.75, 3.05) is 10.7 Å². The zero-order valence-corrected chi connectivity index (χ0v) is 16.8. The van der Waals surface area contributed by atoms with Crippen molar-refractivity contribution in [3.05, 3.63) is 52.6 Å². The predicted molar refractivity (Wildman–Crippen MR) is 111 cm³/mol. The van der Waals surface area contributed by atoms with Gasteiger partial charge in [-0.15, -0.1) is 0 Å². The van der Waals surface area contributed by atoms with E-state index in [0.29, 0.717) is 11.4 Å². The van der Waals surface area contributed by atoms with Crippen LogP contribution in [-0.2, 0) is 10.8 Å². The molecule has 5 N–H and O–H groups in total. The largest absolute Gasteiger partial charge is 0.478 e. The summed E-state index contributed by atoms with van der Waals surface area (Å²) in [5, 5.41) is 10.7. The Morgan fingerprint density at radius 2 is 1.56 bits per heavy atom. The van der Waals surface area contributed by atoms with Gasteiger partial charge in [0.15, 0.2) is 0 Å². The summed E-state index contributed by atoms with van der Waals surface area (Å²) in [5.41, 5.74) is 12.0. The molecule has 0 heterocycles. The fraction of sp³-hybridized carbons (Fsp3) is 0.409. The van der Waals surface area contributed by atoms with Gasteiger partial charge in [-0.1, -0.05) is 33.8 Å². The summed E-state index contributed by atoms with van der Waals surface area (Å²) in [6.07, 6.45) is 2.28. The molecule has 1 aliphatic rings. The summed E-state index contributed by atoms with van der Waals surface area (Å²) in [5.74, 6) is 5.43. The lowest BCUT2D eigenvalue weighted by Gasteiger charge is -2.42. The van der Waals surface area contributed by atoms with Gasteiger partial charge in [0, 0.05) is 0 Å². The molecule has 0 saturated heterocycles. The molecule has 0 unspecified atom stereocenters. The van der Waals surface area contributed by atoms with Crippen molar-refractivity contribution in [3.63, 3.8) is 0 Å². The number of aryl methyl sites for hydroxylation is 1. The van der Waals surface area contributed by atoms with Gasteiger partial charge in [-0.2, -0.15) is 0 Å². The smallest absolute Gasteiger partial charge is 0.335 e. The minimum Gasteiger partial charge on any atom is -0.478 e. The van der Waals surface area contributed by atoms with Crippen LogP contribution in [-0.4, -0.2) is 11.1 Å². The van der Waals surface area contributed by atoms with Gasteiger partial charge >= 0.3 is 5.97 Å². The maximum atomic E-state index is 11.2. The number of carboxylic acids is 1. The summed E-state index contributed by atoms with van der Waals surface area (Å²) in [6.45, 7) is 11.2. The van der Waals surface area contributed by atoms with Gasteiger partial charge in [0.2, 0.25) is 0 Å². The van der Waals surface area contributed by atoms with E-state index in [4.69, 9.17) is 16.7 Å². The first kappa shape index (κ1) is 19.2. The molecule has 5 nitrogen and oxygen atoms in total. The number of hydrogen-bond acceptors (Lipinski definition) is 4. The molecule has 0 aromatic heterocycles. The average Bonchev–Trinajstić information content (AvgIpc) is 2.58. The lowest BCUT2D eigenvalue weighted by atomic mass is 9.63. The van der Waals surface area contributed by atoms with Crippen molar-refractivity contribution in [1.82, 2.24) is 0 Å². The van der Waals surface area contributed by atoms with Crippen LogP contribution in [0.5, 0.6) is 0 Å². The van der Waals surface area contributed by atoms with Crippen LogP contribution in [0.2, 0.25) is 0 Å². The number of carbonyl (C=O) groups is 1. The number of nitrogens with zero attached hydrogens (tertiary/aromatic N) is 1. The molecule has 0 fully saturated rings. The molecule has 3 rings (SSSR count). The molecular weight excluding hydrogens is 338 g/mol. The molecule has 2 aromatic rings. The Morgan fingerprint density at radius 1 is 1.00 bits per heavy atom. The van der Waals surface area contributed by atoms with E-state index in [0.717, 1.165) is 24.1 Å². The van der Waals surface area contributed by atoms with E-state index in [1.165, 1.54) is 23.3 Å². The standard InChI is InChI=1S/C22H29N3O2/c1-13-10-15-16(22(4,5)9-8-21(15,2)3)12-19(13)25(24)18-7-6-14(20(26)27)11-17(18)23/h6-7,10-12H,8-9,23-24H2,1-5H3,(H,26,27). The maximum Gasteiger partial charge on any atom is 0.335 e. The first-order valence-electron chi connectivity index (χ1n) is 9.27. The van der Waals surface area contributed by atoms with Gasteiger partial charge < -0.3 is 10.8 Å². The van der Waals surface area contributed by atoms with E-state index in [2.05, 4.69) is 46.8 Å². The van der Waals surface area contributed by atoms with E-state index in [-0.39, 0.29) is 16.4 Å². The van der Waals surface area contributed by atoms with Crippen molar-refractivity contribution in [3.8, 4) is 0 Å². The van der Waals surface area contributed by atoms with Gasteiger partial charge in [0.1, 0.15) is 0 Å². The number of hydrazine groups is 1. The van der Waals surface area contributed by atoms with Crippen LogP contribution in [0, 0.1) is 6.92 Å². The molecule has 144 valence electrons. The zero-order valence-electron chi connectivity index (χ0n) is 16.8. The molecule has 0 bridgehead atoms. The van der Waals surface area contributed by atoms with Crippen LogP contribution in [0.15, 0.2) is 30.3 Å².